The first-order valence-electron chi connectivity index (χ1n) is 5.85. The summed E-state index contributed by atoms with van der Waals surface area (Å²) in [7, 11) is 1.82. The molecule has 2 aromatic heterocycles. The van der Waals surface area contributed by atoms with Gasteiger partial charge in [0.25, 0.3) is 5.91 Å². The van der Waals surface area contributed by atoms with Gasteiger partial charge in [-0.3, -0.25) is 9.48 Å². The molecule has 2 aromatic rings. The average Bonchev–Trinajstić information content (AvgIpc) is 2.57. The molecular formula is C13H15BrN4O. The lowest BCUT2D eigenvalue weighted by molar-refractivity contribution is 0.102. The van der Waals surface area contributed by atoms with E-state index in [4.69, 9.17) is 0 Å². The summed E-state index contributed by atoms with van der Waals surface area (Å²) in [6.07, 6.45) is 0. The number of pyridine rings is 1. The van der Waals surface area contributed by atoms with E-state index in [0.717, 1.165) is 21.7 Å². The molecule has 0 bridgehead atoms. The van der Waals surface area contributed by atoms with Crippen molar-refractivity contribution in [3.05, 3.63) is 39.4 Å². The fourth-order valence-corrected chi connectivity index (χ4v) is 2.35. The van der Waals surface area contributed by atoms with Crippen LogP contribution in [0, 0.1) is 20.8 Å². The summed E-state index contributed by atoms with van der Waals surface area (Å²) in [5.41, 5.74) is 3.65. The zero-order chi connectivity index (χ0) is 14.2. The van der Waals surface area contributed by atoms with Crippen molar-refractivity contribution in [1.29, 1.82) is 0 Å². The highest BCUT2D eigenvalue weighted by molar-refractivity contribution is 9.10. The second-order valence-corrected chi connectivity index (χ2v) is 5.20. The van der Waals surface area contributed by atoms with E-state index in [1.54, 1.807) is 10.7 Å². The Morgan fingerprint density at radius 3 is 2.47 bits per heavy atom. The minimum atomic E-state index is -0.157. The lowest BCUT2D eigenvalue weighted by Crippen LogP contribution is -2.15. The van der Waals surface area contributed by atoms with E-state index in [1.165, 1.54) is 0 Å². The minimum Gasteiger partial charge on any atom is -0.320 e. The van der Waals surface area contributed by atoms with Crippen LogP contribution < -0.4 is 5.32 Å². The molecular weight excluding hydrogens is 308 g/mol. The fraction of sp³-hybridized carbons (Fsp3) is 0.308. The third-order valence-electron chi connectivity index (χ3n) is 3.04. The van der Waals surface area contributed by atoms with Gasteiger partial charge in [-0.2, -0.15) is 5.10 Å². The first-order valence-corrected chi connectivity index (χ1v) is 6.64. The van der Waals surface area contributed by atoms with Crippen LogP contribution in [0.4, 0.5) is 5.69 Å². The van der Waals surface area contributed by atoms with Gasteiger partial charge in [0.2, 0.25) is 0 Å². The zero-order valence-corrected chi connectivity index (χ0v) is 12.9. The number of aromatic nitrogens is 3. The molecule has 0 saturated heterocycles. The largest absolute Gasteiger partial charge is 0.320 e. The van der Waals surface area contributed by atoms with Crippen molar-refractivity contribution in [3.8, 4) is 0 Å². The molecule has 0 radical (unpaired) electrons. The minimum absolute atomic E-state index is 0.157. The number of nitrogens with one attached hydrogen (secondary N) is 1. The quantitative estimate of drug-likeness (QED) is 0.865. The summed E-state index contributed by atoms with van der Waals surface area (Å²) >= 11 is 3.30. The van der Waals surface area contributed by atoms with Gasteiger partial charge in [-0.1, -0.05) is 0 Å². The second-order valence-electron chi connectivity index (χ2n) is 4.39. The van der Waals surface area contributed by atoms with Crippen LogP contribution in [-0.4, -0.2) is 20.7 Å². The normalized spacial score (nSPS) is 10.6. The van der Waals surface area contributed by atoms with Crippen molar-refractivity contribution in [2.75, 3.05) is 5.32 Å². The van der Waals surface area contributed by atoms with Crippen LogP contribution in [-0.2, 0) is 7.05 Å². The molecule has 5 nitrogen and oxygen atoms in total. The van der Waals surface area contributed by atoms with Crippen molar-refractivity contribution in [1.82, 2.24) is 14.8 Å². The number of rotatable bonds is 2. The van der Waals surface area contributed by atoms with Gasteiger partial charge >= 0.3 is 0 Å². The maximum atomic E-state index is 12.3. The molecule has 1 N–H and O–H groups in total. The molecule has 0 spiro atoms. The number of hydrogen-bond donors (Lipinski definition) is 1. The molecule has 0 saturated carbocycles. The van der Waals surface area contributed by atoms with Crippen molar-refractivity contribution in [2.45, 2.75) is 20.8 Å². The van der Waals surface area contributed by atoms with Gasteiger partial charge in [0, 0.05) is 12.7 Å². The zero-order valence-electron chi connectivity index (χ0n) is 11.3. The third-order valence-corrected chi connectivity index (χ3v) is 3.48. The standard InChI is InChI=1S/C13H15BrN4O/c1-7-10(5-6-11(14)15-7)16-13(19)12-8(2)17-18(4)9(12)3/h5-6H,1-4H3,(H,16,19). The summed E-state index contributed by atoms with van der Waals surface area (Å²) in [6.45, 7) is 5.56. The van der Waals surface area contributed by atoms with Crippen molar-refractivity contribution >= 4 is 27.5 Å². The van der Waals surface area contributed by atoms with Crippen LogP contribution in [0.2, 0.25) is 0 Å². The van der Waals surface area contributed by atoms with Crippen LogP contribution in [0.25, 0.3) is 0 Å². The van der Waals surface area contributed by atoms with Crippen LogP contribution in [0.5, 0.6) is 0 Å². The maximum Gasteiger partial charge on any atom is 0.259 e. The average molecular weight is 323 g/mol. The molecule has 6 heteroatoms. The van der Waals surface area contributed by atoms with Crippen molar-refractivity contribution < 1.29 is 4.79 Å². The highest BCUT2D eigenvalue weighted by Crippen LogP contribution is 2.19. The first kappa shape index (κ1) is 13.7. The van der Waals surface area contributed by atoms with Crippen molar-refractivity contribution in [3.63, 3.8) is 0 Å². The molecule has 2 rings (SSSR count). The van der Waals surface area contributed by atoms with Crippen molar-refractivity contribution in [2.24, 2.45) is 7.05 Å². The molecule has 2 heterocycles. The Bertz CT molecular complexity index is 648. The number of hydrogen-bond acceptors (Lipinski definition) is 3. The Hall–Kier alpha value is -1.69. The number of carbonyl (C=O) groups is 1. The molecule has 0 aliphatic rings. The van der Waals surface area contributed by atoms with Crippen LogP contribution in [0.15, 0.2) is 16.7 Å². The highest BCUT2D eigenvalue weighted by Gasteiger charge is 2.18. The number of carbonyl (C=O) groups excluding carboxylic acids is 1. The molecule has 0 atom stereocenters. The third kappa shape index (κ3) is 2.68. The Labute approximate surface area is 120 Å². The molecule has 0 fully saturated rings. The summed E-state index contributed by atoms with van der Waals surface area (Å²) in [5, 5.41) is 7.12. The van der Waals surface area contributed by atoms with E-state index in [-0.39, 0.29) is 5.91 Å². The Balaban J connectivity index is 2.31. The molecule has 0 unspecified atom stereocenters. The number of halogens is 1. The van der Waals surface area contributed by atoms with Gasteiger partial charge in [-0.15, -0.1) is 0 Å². The number of nitrogens with zero attached hydrogens (tertiary/aromatic N) is 3. The SMILES string of the molecule is Cc1nc(Br)ccc1NC(=O)c1c(C)nn(C)c1C. The smallest absolute Gasteiger partial charge is 0.259 e. The summed E-state index contributed by atoms with van der Waals surface area (Å²) in [5.74, 6) is -0.157. The number of amides is 1. The van der Waals surface area contributed by atoms with Gasteiger partial charge in [0.1, 0.15) is 4.60 Å². The van der Waals surface area contributed by atoms with Gasteiger partial charge in [-0.25, -0.2) is 4.98 Å². The lowest BCUT2D eigenvalue weighted by atomic mass is 10.2. The first-order chi connectivity index (χ1) is 8.90. The molecule has 100 valence electrons. The van der Waals surface area contributed by atoms with E-state index in [1.807, 2.05) is 33.9 Å². The van der Waals surface area contributed by atoms with E-state index < -0.39 is 0 Å². The topological polar surface area (TPSA) is 59.8 Å². The van der Waals surface area contributed by atoms with Gasteiger partial charge in [0.05, 0.1) is 22.6 Å². The summed E-state index contributed by atoms with van der Waals surface area (Å²) in [4.78, 5) is 16.6. The Kier molecular flexibility index (Phi) is 3.71. The summed E-state index contributed by atoms with van der Waals surface area (Å²) < 4.78 is 2.45. The number of aryl methyl sites for hydroxylation is 3. The fourth-order valence-electron chi connectivity index (χ4n) is 1.95. The highest BCUT2D eigenvalue weighted by atomic mass is 79.9. The number of anilines is 1. The lowest BCUT2D eigenvalue weighted by Gasteiger charge is -2.08. The van der Waals surface area contributed by atoms with Crippen LogP contribution in [0.3, 0.4) is 0 Å². The summed E-state index contributed by atoms with van der Waals surface area (Å²) in [6, 6.07) is 3.62. The molecule has 0 aromatic carbocycles. The van der Waals surface area contributed by atoms with Gasteiger partial charge in [-0.05, 0) is 48.8 Å². The van der Waals surface area contributed by atoms with Gasteiger partial charge in [0.15, 0.2) is 0 Å². The van der Waals surface area contributed by atoms with E-state index in [2.05, 4.69) is 31.3 Å². The molecule has 0 aliphatic heterocycles. The Morgan fingerprint density at radius 1 is 1.26 bits per heavy atom. The monoisotopic (exact) mass is 322 g/mol. The van der Waals surface area contributed by atoms with Crippen LogP contribution >= 0.6 is 15.9 Å². The van der Waals surface area contributed by atoms with Gasteiger partial charge < -0.3 is 5.32 Å². The Morgan fingerprint density at radius 2 is 1.95 bits per heavy atom. The second kappa shape index (κ2) is 5.13. The van der Waals surface area contributed by atoms with E-state index in [0.29, 0.717) is 11.3 Å². The van der Waals surface area contributed by atoms with E-state index >= 15 is 0 Å². The van der Waals surface area contributed by atoms with Crippen LogP contribution in [0.1, 0.15) is 27.4 Å². The predicted octanol–water partition coefficient (Wildman–Crippen LogP) is 2.76. The van der Waals surface area contributed by atoms with E-state index in [9.17, 15) is 4.79 Å². The molecule has 1 amide bonds. The maximum absolute atomic E-state index is 12.3. The molecule has 19 heavy (non-hydrogen) atoms. The predicted molar refractivity (Wildman–Crippen MR) is 77.3 cm³/mol. The molecule has 0 aliphatic carbocycles.